The minimum atomic E-state index is -0.298. The zero-order valence-electron chi connectivity index (χ0n) is 17.0. The molecule has 0 radical (unpaired) electrons. The number of hydrogen-bond donors (Lipinski definition) is 1. The SMILES string of the molecule is Cn1ncc(C=CC(=O)Nc2ccc(Cc3ccccn3)cc2)c1-c1ccc(F)cc1. The molecule has 0 fully saturated rings. The van der Waals surface area contributed by atoms with Crippen LogP contribution in [0.3, 0.4) is 0 Å². The van der Waals surface area contributed by atoms with Crippen molar-refractivity contribution >= 4 is 17.7 Å². The van der Waals surface area contributed by atoms with Crippen molar-refractivity contribution in [2.24, 2.45) is 7.05 Å². The number of halogens is 1. The van der Waals surface area contributed by atoms with Crippen molar-refractivity contribution in [1.29, 1.82) is 0 Å². The predicted octanol–water partition coefficient (Wildman–Crippen LogP) is 4.86. The van der Waals surface area contributed by atoms with Gasteiger partial charge in [0.25, 0.3) is 0 Å². The van der Waals surface area contributed by atoms with Gasteiger partial charge in [-0.1, -0.05) is 18.2 Å². The van der Waals surface area contributed by atoms with Gasteiger partial charge >= 0.3 is 0 Å². The number of carbonyl (C=O) groups is 1. The smallest absolute Gasteiger partial charge is 0.248 e. The Morgan fingerprint density at radius 3 is 2.55 bits per heavy atom. The van der Waals surface area contributed by atoms with E-state index in [-0.39, 0.29) is 11.7 Å². The van der Waals surface area contributed by atoms with E-state index in [1.165, 1.54) is 18.2 Å². The molecule has 1 amide bonds. The molecule has 2 heterocycles. The summed E-state index contributed by atoms with van der Waals surface area (Å²) in [7, 11) is 1.81. The highest BCUT2D eigenvalue weighted by Crippen LogP contribution is 2.24. The summed E-state index contributed by atoms with van der Waals surface area (Å²) in [5.74, 6) is -0.542. The van der Waals surface area contributed by atoms with E-state index in [0.717, 1.165) is 34.5 Å². The normalized spacial score (nSPS) is 11.0. The fourth-order valence-electron chi connectivity index (χ4n) is 3.30. The molecule has 0 aliphatic rings. The largest absolute Gasteiger partial charge is 0.323 e. The first-order valence-electron chi connectivity index (χ1n) is 9.84. The monoisotopic (exact) mass is 412 g/mol. The van der Waals surface area contributed by atoms with Gasteiger partial charge in [0, 0.05) is 48.2 Å². The van der Waals surface area contributed by atoms with Crippen molar-refractivity contribution in [3.63, 3.8) is 0 Å². The van der Waals surface area contributed by atoms with Crippen LogP contribution in [0, 0.1) is 5.82 Å². The van der Waals surface area contributed by atoms with Crippen molar-refractivity contribution in [3.05, 3.63) is 108 Å². The quantitative estimate of drug-likeness (QED) is 0.460. The number of aryl methyl sites for hydroxylation is 1. The Balaban J connectivity index is 1.42. The highest BCUT2D eigenvalue weighted by Gasteiger charge is 2.09. The first kappa shape index (κ1) is 20.2. The zero-order valence-corrected chi connectivity index (χ0v) is 17.0. The lowest BCUT2D eigenvalue weighted by atomic mass is 10.1. The van der Waals surface area contributed by atoms with Crippen molar-refractivity contribution < 1.29 is 9.18 Å². The highest BCUT2D eigenvalue weighted by molar-refractivity contribution is 6.02. The summed E-state index contributed by atoms with van der Waals surface area (Å²) in [5, 5.41) is 7.11. The fourth-order valence-corrected chi connectivity index (χ4v) is 3.30. The molecule has 0 atom stereocenters. The average Bonchev–Trinajstić information content (AvgIpc) is 3.15. The highest BCUT2D eigenvalue weighted by atomic mass is 19.1. The van der Waals surface area contributed by atoms with Gasteiger partial charge in [-0.05, 0) is 60.2 Å². The van der Waals surface area contributed by atoms with E-state index in [1.54, 1.807) is 35.3 Å². The second kappa shape index (κ2) is 9.17. The standard InChI is InChI=1S/C25H21FN4O/c1-30-25(19-7-10-21(26)11-8-19)20(17-28-30)9-14-24(31)29-22-12-5-18(6-13-22)16-23-4-2-3-15-27-23/h2-15,17H,16H2,1H3,(H,29,31). The third kappa shape index (κ3) is 5.11. The number of nitrogens with one attached hydrogen (secondary N) is 1. The summed E-state index contributed by atoms with van der Waals surface area (Å²) in [6.45, 7) is 0. The molecule has 0 saturated carbocycles. The molecule has 154 valence electrons. The van der Waals surface area contributed by atoms with Gasteiger partial charge in [0.2, 0.25) is 5.91 Å². The number of rotatable bonds is 6. The number of carbonyl (C=O) groups excluding carboxylic acids is 1. The van der Waals surface area contributed by atoms with Crippen molar-refractivity contribution in [2.45, 2.75) is 6.42 Å². The van der Waals surface area contributed by atoms with E-state index in [4.69, 9.17) is 0 Å². The van der Waals surface area contributed by atoms with Gasteiger partial charge in [0.15, 0.2) is 0 Å². The van der Waals surface area contributed by atoms with E-state index in [2.05, 4.69) is 15.4 Å². The molecule has 4 rings (SSSR count). The first-order valence-corrected chi connectivity index (χ1v) is 9.84. The van der Waals surface area contributed by atoms with Crippen LogP contribution in [0.5, 0.6) is 0 Å². The molecule has 6 heteroatoms. The number of amides is 1. The Hall–Kier alpha value is -4.06. The van der Waals surface area contributed by atoms with Crippen LogP contribution in [0.2, 0.25) is 0 Å². The summed E-state index contributed by atoms with van der Waals surface area (Å²) in [6, 6.07) is 19.7. The van der Waals surface area contributed by atoms with Crippen LogP contribution in [0.1, 0.15) is 16.8 Å². The maximum Gasteiger partial charge on any atom is 0.248 e. The third-order valence-corrected chi connectivity index (χ3v) is 4.83. The average molecular weight is 412 g/mol. The minimum absolute atomic E-state index is 0.244. The number of benzene rings is 2. The molecule has 0 spiro atoms. The Morgan fingerprint density at radius 1 is 1.06 bits per heavy atom. The minimum Gasteiger partial charge on any atom is -0.323 e. The first-order chi connectivity index (χ1) is 15.1. The number of nitrogens with zero attached hydrogens (tertiary/aromatic N) is 3. The molecule has 2 aromatic heterocycles. The maximum absolute atomic E-state index is 13.2. The van der Waals surface area contributed by atoms with Crippen molar-refractivity contribution in [1.82, 2.24) is 14.8 Å². The molecular weight excluding hydrogens is 391 g/mol. The van der Waals surface area contributed by atoms with Crippen LogP contribution in [0.4, 0.5) is 10.1 Å². The van der Waals surface area contributed by atoms with Gasteiger partial charge in [-0.3, -0.25) is 14.5 Å². The number of pyridine rings is 1. The van der Waals surface area contributed by atoms with Crippen LogP contribution in [-0.2, 0) is 18.3 Å². The Kier molecular flexibility index (Phi) is 5.98. The second-order valence-electron chi connectivity index (χ2n) is 7.10. The van der Waals surface area contributed by atoms with Crippen molar-refractivity contribution in [3.8, 4) is 11.3 Å². The fraction of sp³-hybridized carbons (Fsp3) is 0.0800. The molecule has 4 aromatic rings. The Labute approximate surface area is 179 Å². The Morgan fingerprint density at radius 2 is 1.84 bits per heavy atom. The van der Waals surface area contributed by atoms with E-state index < -0.39 is 0 Å². The van der Waals surface area contributed by atoms with Crippen LogP contribution in [0.15, 0.2) is 85.2 Å². The summed E-state index contributed by atoms with van der Waals surface area (Å²) in [4.78, 5) is 16.7. The maximum atomic E-state index is 13.2. The van der Waals surface area contributed by atoms with Crippen LogP contribution < -0.4 is 5.32 Å². The lowest BCUT2D eigenvalue weighted by Gasteiger charge is -2.05. The van der Waals surface area contributed by atoms with Gasteiger partial charge in [-0.2, -0.15) is 5.10 Å². The molecule has 31 heavy (non-hydrogen) atoms. The number of aromatic nitrogens is 3. The topological polar surface area (TPSA) is 59.8 Å². The summed E-state index contributed by atoms with van der Waals surface area (Å²) in [5.41, 5.74) is 5.23. The Bertz CT molecular complexity index is 1200. The van der Waals surface area contributed by atoms with E-state index in [1.807, 2.05) is 49.5 Å². The van der Waals surface area contributed by atoms with Gasteiger partial charge in [-0.15, -0.1) is 0 Å². The van der Waals surface area contributed by atoms with E-state index in [0.29, 0.717) is 5.69 Å². The predicted molar refractivity (Wildman–Crippen MR) is 120 cm³/mol. The van der Waals surface area contributed by atoms with Crippen LogP contribution in [-0.4, -0.2) is 20.7 Å². The van der Waals surface area contributed by atoms with E-state index in [9.17, 15) is 9.18 Å². The van der Waals surface area contributed by atoms with Crippen molar-refractivity contribution in [2.75, 3.05) is 5.32 Å². The molecular formula is C25H21FN4O. The van der Waals surface area contributed by atoms with Crippen LogP contribution in [0.25, 0.3) is 17.3 Å². The molecule has 0 aliphatic heterocycles. The number of hydrogen-bond acceptors (Lipinski definition) is 3. The summed E-state index contributed by atoms with van der Waals surface area (Å²) in [6.07, 6.45) is 7.36. The van der Waals surface area contributed by atoms with Gasteiger partial charge < -0.3 is 5.32 Å². The van der Waals surface area contributed by atoms with Gasteiger partial charge in [-0.25, -0.2) is 4.39 Å². The molecule has 5 nitrogen and oxygen atoms in total. The summed E-state index contributed by atoms with van der Waals surface area (Å²) >= 11 is 0. The van der Waals surface area contributed by atoms with Gasteiger partial charge in [0.05, 0.1) is 11.9 Å². The third-order valence-electron chi connectivity index (χ3n) is 4.83. The second-order valence-corrected chi connectivity index (χ2v) is 7.10. The molecule has 2 aromatic carbocycles. The van der Waals surface area contributed by atoms with E-state index >= 15 is 0 Å². The molecule has 0 aliphatic carbocycles. The zero-order chi connectivity index (χ0) is 21.6. The van der Waals surface area contributed by atoms with Crippen LogP contribution >= 0.6 is 0 Å². The molecule has 1 N–H and O–H groups in total. The molecule has 0 unspecified atom stereocenters. The van der Waals surface area contributed by atoms with Gasteiger partial charge in [0.1, 0.15) is 5.82 Å². The molecule has 0 saturated heterocycles. The summed E-state index contributed by atoms with van der Waals surface area (Å²) < 4.78 is 14.9. The lowest BCUT2D eigenvalue weighted by Crippen LogP contribution is -2.07. The number of anilines is 1. The molecule has 0 bridgehead atoms. The lowest BCUT2D eigenvalue weighted by molar-refractivity contribution is -0.111.